The fraction of sp³-hybridized carbons (Fsp3) is 0.333. The smallest absolute Gasteiger partial charge is 0.128 e. The van der Waals surface area contributed by atoms with E-state index in [9.17, 15) is 4.39 Å². The van der Waals surface area contributed by atoms with E-state index in [1.165, 1.54) is 22.8 Å². The molecular weight excluding hydrogens is 329 g/mol. The highest BCUT2D eigenvalue weighted by atomic mass is 79.9. The molecule has 0 spiro atoms. The minimum absolute atomic E-state index is 0.264. The first-order valence-corrected chi connectivity index (χ1v) is 7.82. The molecule has 1 nitrogen and oxygen atoms in total. The van der Waals surface area contributed by atoms with Gasteiger partial charge in [0.1, 0.15) is 5.82 Å². The quantitative estimate of drug-likeness (QED) is 0.794. The van der Waals surface area contributed by atoms with Gasteiger partial charge in [0.05, 0.1) is 6.04 Å². The Kier molecular flexibility index (Phi) is 4.54. The fourth-order valence-corrected chi connectivity index (χ4v) is 3.28. The summed E-state index contributed by atoms with van der Waals surface area (Å²) in [6, 6.07) is 4.46. The Bertz CT molecular complexity index is 678. The second-order valence-corrected chi connectivity index (χ2v) is 6.60. The summed E-state index contributed by atoms with van der Waals surface area (Å²) in [5.41, 5.74) is 14.0. The Morgan fingerprint density at radius 1 is 0.905 bits per heavy atom. The van der Waals surface area contributed by atoms with Crippen molar-refractivity contribution in [1.29, 1.82) is 0 Å². The average molecular weight is 350 g/mol. The zero-order chi connectivity index (χ0) is 15.9. The molecule has 2 aromatic rings. The van der Waals surface area contributed by atoms with Gasteiger partial charge in [0, 0.05) is 10.0 Å². The van der Waals surface area contributed by atoms with Gasteiger partial charge < -0.3 is 5.73 Å². The highest BCUT2D eigenvalue weighted by molar-refractivity contribution is 9.10. The summed E-state index contributed by atoms with van der Waals surface area (Å²) in [6.07, 6.45) is 0. The van der Waals surface area contributed by atoms with E-state index in [1.54, 1.807) is 12.1 Å². The van der Waals surface area contributed by atoms with Crippen molar-refractivity contribution in [2.75, 3.05) is 0 Å². The van der Waals surface area contributed by atoms with Crippen molar-refractivity contribution in [2.45, 2.75) is 40.7 Å². The lowest BCUT2D eigenvalue weighted by Crippen LogP contribution is -2.18. The van der Waals surface area contributed by atoms with E-state index in [1.807, 2.05) is 0 Å². The van der Waals surface area contributed by atoms with E-state index < -0.39 is 6.04 Å². The van der Waals surface area contributed by atoms with Gasteiger partial charge in [-0.3, -0.25) is 0 Å². The van der Waals surface area contributed by atoms with Crippen LogP contribution in [0.2, 0.25) is 0 Å². The van der Waals surface area contributed by atoms with Crippen LogP contribution in [0.15, 0.2) is 22.7 Å². The second kappa shape index (κ2) is 5.90. The van der Waals surface area contributed by atoms with Crippen LogP contribution in [0.4, 0.5) is 4.39 Å². The first-order valence-electron chi connectivity index (χ1n) is 7.03. The van der Waals surface area contributed by atoms with Crippen LogP contribution in [0, 0.1) is 40.4 Å². The van der Waals surface area contributed by atoms with Gasteiger partial charge in [-0.2, -0.15) is 0 Å². The largest absolute Gasteiger partial charge is 0.320 e. The standard InChI is InChI=1S/C18H21BrFN/c1-9-10(2)12(4)17(13(5)11(9)3)18(21)15-8-14(19)6-7-16(15)20/h6-8,18H,21H2,1-5H3. The van der Waals surface area contributed by atoms with Gasteiger partial charge in [0.25, 0.3) is 0 Å². The van der Waals surface area contributed by atoms with Crippen LogP contribution in [-0.4, -0.2) is 0 Å². The molecule has 0 aliphatic rings. The second-order valence-electron chi connectivity index (χ2n) is 5.68. The summed E-state index contributed by atoms with van der Waals surface area (Å²) in [5.74, 6) is -0.264. The normalized spacial score (nSPS) is 12.6. The molecule has 3 heteroatoms. The van der Waals surface area contributed by atoms with Crippen molar-refractivity contribution >= 4 is 15.9 Å². The van der Waals surface area contributed by atoms with Crippen LogP contribution in [0.5, 0.6) is 0 Å². The van der Waals surface area contributed by atoms with E-state index in [-0.39, 0.29) is 5.82 Å². The van der Waals surface area contributed by atoms with Gasteiger partial charge in [-0.15, -0.1) is 0 Å². The molecule has 0 fully saturated rings. The van der Waals surface area contributed by atoms with Crippen LogP contribution in [0.25, 0.3) is 0 Å². The van der Waals surface area contributed by atoms with Crippen LogP contribution in [-0.2, 0) is 0 Å². The molecule has 2 aromatic carbocycles. The van der Waals surface area contributed by atoms with Gasteiger partial charge in [-0.25, -0.2) is 4.39 Å². The lowest BCUT2D eigenvalue weighted by molar-refractivity contribution is 0.598. The average Bonchev–Trinajstić information content (AvgIpc) is 2.45. The maximum Gasteiger partial charge on any atom is 0.128 e. The number of nitrogens with two attached hydrogens (primary N) is 1. The molecular formula is C18H21BrFN. The predicted octanol–water partition coefficient (Wildman–Crippen LogP) is 5.18. The van der Waals surface area contributed by atoms with Crippen molar-refractivity contribution in [3.63, 3.8) is 0 Å². The number of hydrogen-bond donors (Lipinski definition) is 1. The Morgan fingerprint density at radius 3 is 1.90 bits per heavy atom. The van der Waals surface area contributed by atoms with E-state index >= 15 is 0 Å². The molecule has 0 saturated carbocycles. The minimum Gasteiger partial charge on any atom is -0.320 e. The summed E-state index contributed by atoms with van der Waals surface area (Å²) in [7, 11) is 0. The molecule has 0 bridgehead atoms. The van der Waals surface area contributed by atoms with Crippen LogP contribution >= 0.6 is 15.9 Å². The van der Waals surface area contributed by atoms with Gasteiger partial charge >= 0.3 is 0 Å². The molecule has 1 atom stereocenters. The third-order valence-electron chi connectivity index (χ3n) is 4.66. The van der Waals surface area contributed by atoms with Crippen molar-refractivity contribution in [2.24, 2.45) is 5.73 Å². The summed E-state index contributed by atoms with van der Waals surface area (Å²) < 4.78 is 15.0. The third-order valence-corrected chi connectivity index (χ3v) is 5.16. The molecule has 2 N–H and O–H groups in total. The van der Waals surface area contributed by atoms with Crippen molar-refractivity contribution in [3.8, 4) is 0 Å². The van der Waals surface area contributed by atoms with Crippen molar-refractivity contribution in [1.82, 2.24) is 0 Å². The lowest BCUT2D eigenvalue weighted by atomic mass is 9.84. The van der Waals surface area contributed by atoms with E-state index in [2.05, 4.69) is 50.5 Å². The zero-order valence-electron chi connectivity index (χ0n) is 13.1. The molecule has 0 aliphatic carbocycles. The number of rotatable bonds is 2. The maximum atomic E-state index is 14.1. The van der Waals surface area contributed by atoms with Gasteiger partial charge in [-0.05, 0) is 86.2 Å². The van der Waals surface area contributed by atoms with Crippen LogP contribution in [0.1, 0.15) is 45.0 Å². The predicted molar refractivity (Wildman–Crippen MR) is 90.3 cm³/mol. The molecule has 21 heavy (non-hydrogen) atoms. The summed E-state index contributed by atoms with van der Waals surface area (Å²) >= 11 is 3.39. The summed E-state index contributed by atoms with van der Waals surface area (Å²) in [4.78, 5) is 0. The minimum atomic E-state index is -0.458. The molecule has 1 unspecified atom stereocenters. The topological polar surface area (TPSA) is 26.0 Å². The Morgan fingerprint density at radius 2 is 1.38 bits per heavy atom. The number of halogens is 2. The maximum absolute atomic E-state index is 14.1. The first-order chi connectivity index (χ1) is 9.75. The summed E-state index contributed by atoms with van der Waals surface area (Å²) in [6.45, 7) is 10.5. The zero-order valence-corrected chi connectivity index (χ0v) is 14.7. The first kappa shape index (κ1) is 16.2. The van der Waals surface area contributed by atoms with Crippen molar-refractivity contribution < 1.29 is 4.39 Å². The monoisotopic (exact) mass is 349 g/mol. The lowest BCUT2D eigenvalue weighted by Gasteiger charge is -2.24. The third kappa shape index (κ3) is 2.77. The molecule has 0 aromatic heterocycles. The van der Waals surface area contributed by atoms with E-state index in [0.717, 1.165) is 21.2 Å². The summed E-state index contributed by atoms with van der Waals surface area (Å²) in [5, 5.41) is 0. The SMILES string of the molecule is Cc1c(C)c(C)c(C(N)c2cc(Br)ccc2F)c(C)c1C. The molecule has 0 amide bonds. The molecule has 0 radical (unpaired) electrons. The molecule has 0 heterocycles. The fourth-order valence-electron chi connectivity index (χ4n) is 2.90. The molecule has 0 aliphatic heterocycles. The molecule has 112 valence electrons. The highest BCUT2D eigenvalue weighted by Gasteiger charge is 2.21. The molecule has 2 rings (SSSR count). The van der Waals surface area contributed by atoms with E-state index in [4.69, 9.17) is 5.73 Å². The number of hydrogen-bond acceptors (Lipinski definition) is 1. The number of benzene rings is 2. The Hall–Kier alpha value is -1.19. The van der Waals surface area contributed by atoms with Gasteiger partial charge in [0.2, 0.25) is 0 Å². The molecule has 0 saturated heterocycles. The van der Waals surface area contributed by atoms with Crippen LogP contribution in [0.3, 0.4) is 0 Å². The van der Waals surface area contributed by atoms with Gasteiger partial charge in [0.15, 0.2) is 0 Å². The van der Waals surface area contributed by atoms with Crippen molar-refractivity contribution in [3.05, 3.63) is 67.4 Å². The Labute approximate surface area is 134 Å². The van der Waals surface area contributed by atoms with Gasteiger partial charge in [-0.1, -0.05) is 15.9 Å². The Balaban J connectivity index is 2.69. The van der Waals surface area contributed by atoms with Crippen LogP contribution < -0.4 is 5.73 Å². The van der Waals surface area contributed by atoms with E-state index in [0.29, 0.717) is 5.56 Å². The highest BCUT2D eigenvalue weighted by Crippen LogP contribution is 2.34.